The number of hydrogen-bond acceptors (Lipinski definition) is 4. The molecule has 0 aliphatic rings. The minimum atomic E-state index is -4.89. The Balaban J connectivity index is 3.23. The number of carbonyl (C=O) groups is 1. The molecule has 0 aromatic carbocycles. The monoisotopic (exact) mass is 251 g/mol. The van der Waals surface area contributed by atoms with E-state index in [9.17, 15) is 18.0 Å². The highest BCUT2D eigenvalue weighted by atomic mass is 19.4. The summed E-state index contributed by atoms with van der Waals surface area (Å²) in [5.41, 5.74) is -0.432. The highest BCUT2D eigenvalue weighted by Crippen LogP contribution is 2.28. The van der Waals surface area contributed by atoms with E-state index in [0.29, 0.717) is 0 Å². The standard InChI is InChI=1S/C9H8F3NO4/c1-4-7(8(14)15)5(16-2)3-6(13-4)17-9(10,11)12/h3H,1-2H3,(H,14,15). The predicted octanol–water partition coefficient (Wildman–Crippen LogP) is 2.00. The van der Waals surface area contributed by atoms with Crippen LogP contribution in [-0.2, 0) is 0 Å². The number of alkyl halides is 3. The van der Waals surface area contributed by atoms with Crippen LogP contribution in [-0.4, -0.2) is 29.5 Å². The van der Waals surface area contributed by atoms with Crippen LogP contribution in [0.5, 0.6) is 11.6 Å². The van der Waals surface area contributed by atoms with Crippen LogP contribution in [0, 0.1) is 6.92 Å². The first-order valence-corrected chi connectivity index (χ1v) is 4.29. The number of nitrogens with zero attached hydrogens (tertiary/aromatic N) is 1. The second-order valence-corrected chi connectivity index (χ2v) is 2.98. The van der Waals surface area contributed by atoms with E-state index in [1.807, 2.05) is 0 Å². The molecule has 1 N–H and O–H groups in total. The van der Waals surface area contributed by atoms with Crippen molar-refractivity contribution in [3.05, 3.63) is 17.3 Å². The molecule has 0 saturated carbocycles. The van der Waals surface area contributed by atoms with Gasteiger partial charge in [0.1, 0.15) is 11.3 Å². The topological polar surface area (TPSA) is 68.7 Å². The minimum Gasteiger partial charge on any atom is -0.496 e. The fraction of sp³-hybridized carbons (Fsp3) is 0.333. The van der Waals surface area contributed by atoms with Gasteiger partial charge in [-0.3, -0.25) is 0 Å². The molecule has 0 atom stereocenters. The van der Waals surface area contributed by atoms with Gasteiger partial charge >= 0.3 is 12.3 Å². The van der Waals surface area contributed by atoms with E-state index < -0.39 is 18.2 Å². The molecule has 1 aromatic heterocycles. The summed E-state index contributed by atoms with van der Waals surface area (Å²) in [7, 11) is 1.14. The minimum absolute atomic E-state index is 0.129. The van der Waals surface area contributed by atoms with Gasteiger partial charge in [-0.05, 0) is 6.92 Å². The van der Waals surface area contributed by atoms with Crippen LogP contribution < -0.4 is 9.47 Å². The Hall–Kier alpha value is -1.99. The number of hydrogen-bond donors (Lipinski definition) is 1. The third-order valence-electron chi connectivity index (χ3n) is 1.79. The van der Waals surface area contributed by atoms with Gasteiger partial charge in [0.05, 0.1) is 12.8 Å². The zero-order valence-electron chi connectivity index (χ0n) is 8.83. The van der Waals surface area contributed by atoms with E-state index in [-0.39, 0.29) is 17.0 Å². The van der Waals surface area contributed by atoms with Crippen molar-refractivity contribution in [2.24, 2.45) is 0 Å². The molecule has 0 bridgehead atoms. The number of carboxylic acids is 1. The van der Waals surface area contributed by atoms with Crippen LogP contribution in [0.15, 0.2) is 6.07 Å². The molecule has 17 heavy (non-hydrogen) atoms. The van der Waals surface area contributed by atoms with Gasteiger partial charge in [0, 0.05) is 6.07 Å². The Morgan fingerprint density at radius 2 is 2.06 bits per heavy atom. The maximum atomic E-state index is 11.9. The molecule has 0 saturated heterocycles. The van der Waals surface area contributed by atoms with Gasteiger partial charge in [-0.25, -0.2) is 9.78 Å². The lowest BCUT2D eigenvalue weighted by Gasteiger charge is -2.12. The van der Waals surface area contributed by atoms with Gasteiger partial charge in [-0.15, -0.1) is 13.2 Å². The number of halogens is 3. The maximum absolute atomic E-state index is 11.9. The van der Waals surface area contributed by atoms with Crippen LogP contribution in [0.2, 0.25) is 0 Å². The summed E-state index contributed by atoms with van der Waals surface area (Å²) < 4.78 is 44.1. The second kappa shape index (κ2) is 4.48. The summed E-state index contributed by atoms with van der Waals surface area (Å²) in [4.78, 5) is 14.2. The highest BCUT2D eigenvalue weighted by Gasteiger charge is 2.32. The SMILES string of the molecule is COc1cc(OC(F)(F)F)nc(C)c1C(=O)O. The molecule has 0 aliphatic heterocycles. The van der Waals surface area contributed by atoms with Gasteiger partial charge in [-0.1, -0.05) is 0 Å². The lowest BCUT2D eigenvalue weighted by molar-refractivity contribution is -0.276. The highest BCUT2D eigenvalue weighted by molar-refractivity contribution is 5.92. The van der Waals surface area contributed by atoms with Crippen LogP contribution in [0.4, 0.5) is 13.2 Å². The zero-order valence-corrected chi connectivity index (χ0v) is 8.83. The van der Waals surface area contributed by atoms with Crippen molar-refractivity contribution in [2.45, 2.75) is 13.3 Å². The van der Waals surface area contributed by atoms with Crippen LogP contribution >= 0.6 is 0 Å². The Labute approximate surface area is 93.8 Å². The van der Waals surface area contributed by atoms with E-state index in [1.54, 1.807) is 0 Å². The molecular formula is C9H8F3NO4. The molecule has 1 heterocycles. The van der Waals surface area contributed by atoms with Gasteiger partial charge in [0.15, 0.2) is 0 Å². The third-order valence-corrected chi connectivity index (χ3v) is 1.79. The van der Waals surface area contributed by atoms with Crippen molar-refractivity contribution in [3.63, 3.8) is 0 Å². The van der Waals surface area contributed by atoms with Gasteiger partial charge in [0.25, 0.3) is 0 Å². The van der Waals surface area contributed by atoms with Crippen molar-refractivity contribution in [3.8, 4) is 11.6 Å². The van der Waals surface area contributed by atoms with E-state index in [0.717, 1.165) is 13.2 Å². The quantitative estimate of drug-likeness (QED) is 0.889. The van der Waals surface area contributed by atoms with Crippen molar-refractivity contribution < 1.29 is 32.5 Å². The van der Waals surface area contributed by atoms with E-state index in [2.05, 4.69) is 14.5 Å². The number of aromatic carboxylic acids is 1. The largest absolute Gasteiger partial charge is 0.574 e. The van der Waals surface area contributed by atoms with Crippen molar-refractivity contribution >= 4 is 5.97 Å². The molecule has 0 radical (unpaired) electrons. The van der Waals surface area contributed by atoms with Crippen LogP contribution in [0.1, 0.15) is 16.1 Å². The predicted molar refractivity (Wildman–Crippen MR) is 49.2 cm³/mol. The Kier molecular flexibility index (Phi) is 3.45. The normalized spacial score (nSPS) is 11.1. The zero-order chi connectivity index (χ0) is 13.2. The van der Waals surface area contributed by atoms with Crippen molar-refractivity contribution in [1.29, 1.82) is 0 Å². The average Bonchev–Trinajstić information content (AvgIpc) is 2.12. The molecule has 0 unspecified atom stereocenters. The number of ether oxygens (including phenoxy) is 2. The summed E-state index contributed by atoms with van der Waals surface area (Å²) in [5.74, 6) is -2.36. The van der Waals surface area contributed by atoms with Crippen LogP contribution in [0.3, 0.4) is 0 Å². The molecule has 1 rings (SSSR count). The van der Waals surface area contributed by atoms with E-state index in [1.165, 1.54) is 6.92 Å². The van der Waals surface area contributed by atoms with Gasteiger partial charge < -0.3 is 14.6 Å². The number of carboxylic acid groups (broad SMARTS) is 1. The fourth-order valence-corrected chi connectivity index (χ4v) is 1.21. The molecular weight excluding hydrogens is 243 g/mol. The summed E-state index contributed by atoms with van der Waals surface area (Å²) >= 11 is 0. The molecule has 1 aromatic rings. The number of rotatable bonds is 3. The Morgan fingerprint density at radius 3 is 2.47 bits per heavy atom. The summed E-state index contributed by atoms with van der Waals surface area (Å²) in [5, 5.41) is 8.82. The first kappa shape index (κ1) is 13.1. The maximum Gasteiger partial charge on any atom is 0.574 e. The summed E-state index contributed by atoms with van der Waals surface area (Å²) in [6.07, 6.45) is -4.89. The first-order chi connectivity index (χ1) is 7.74. The lowest BCUT2D eigenvalue weighted by Crippen LogP contribution is -2.18. The molecule has 0 spiro atoms. The molecule has 5 nitrogen and oxygen atoms in total. The molecule has 0 fully saturated rings. The number of pyridine rings is 1. The Morgan fingerprint density at radius 1 is 1.47 bits per heavy atom. The van der Waals surface area contributed by atoms with Crippen molar-refractivity contribution in [2.75, 3.05) is 7.11 Å². The Bertz CT molecular complexity index is 445. The second-order valence-electron chi connectivity index (χ2n) is 2.98. The van der Waals surface area contributed by atoms with Gasteiger partial charge in [-0.2, -0.15) is 0 Å². The molecule has 0 aliphatic carbocycles. The summed E-state index contributed by atoms with van der Waals surface area (Å²) in [6, 6.07) is 0.768. The molecule has 94 valence electrons. The number of methoxy groups -OCH3 is 1. The number of aromatic nitrogens is 1. The molecule has 8 heteroatoms. The average molecular weight is 251 g/mol. The molecule has 0 amide bonds. The van der Waals surface area contributed by atoms with Crippen molar-refractivity contribution in [1.82, 2.24) is 4.98 Å². The summed E-state index contributed by atoms with van der Waals surface area (Å²) in [6.45, 7) is 1.25. The van der Waals surface area contributed by atoms with Gasteiger partial charge in [0.2, 0.25) is 5.88 Å². The van der Waals surface area contributed by atoms with E-state index >= 15 is 0 Å². The lowest BCUT2D eigenvalue weighted by atomic mass is 10.2. The smallest absolute Gasteiger partial charge is 0.496 e. The van der Waals surface area contributed by atoms with Crippen LogP contribution in [0.25, 0.3) is 0 Å². The first-order valence-electron chi connectivity index (χ1n) is 4.29. The van der Waals surface area contributed by atoms with E-state index in [4.69, 9.17) is 5.11 Å². The number of aryl methyl sites for hydroxylation is 1. The third kappa shape index (κ3) is 3.23. The fourth-order valence-electron chi connectivity index (χ4n) is 1.21.